The Morgan fingerprint density at radius 3 is 2.14 bits per heavy atom. The Hall–Kier alpha value is -3.28. The van der Waals surface area contributed by atoms with Crippen molar-refractivity contribution in [3.63, 3.8) is 0 Å². The first-order chi connectivity index (χ1) is 19.6. The van der Waals surface area contributed by atoms with E-state index >= 15 is 0 Å². The fraction of sp³-hybridized carbons (Fsp3) is 0.310. The Morgan fingerprint density at radius 2 is 1.57 bits per heavy atom. The minimum Gasteiger partial charge on any atom is -0.352 e. The SMILES string of the molecule is CC(C)NC(=O)[C@@H](Cc1ccccc1)N(Cc1cccc(Cl)c1)C(=O)CN(c1cc(C(F)(F)F)ccc1Cl)S(C)(=O)=O. The molecule has 0 aliphatic carbocycles. The van der Waals surface area contributed by atoms with Gasteiger partial charge in [0.1, 0.15) is 12.6 Å². The van der Waals surface area contributed by atoms with E-state index in [1.54, 1.807) is 68.4 Å². The highest BCUT2D eigenvalue weighted by atomic mass is 35.5. The van der Waals surface area contributed by atoms with E-state index in [0.29, 0.717) is 27.0 Å². The van der Waals surface area contributed by atoms with Gasteiger partial charge in [0.05, 0.1) is 22.5 Å². The Balaban J connectivity index is 2.12. The van der Waals surface area contributed by atoms with Crippen molar-refractivity contribution in [2.75, 3.05) is 17.1 Å². The summed E-state index contributed by atoms with van der Waals surface area (Å²) in [5, 5.41) is 2.88. The molecule has 1 atom stereocenters. The third-order valence-electron chi connectivity index (χ3n) is 6.17. The van der Waals surface area contributed by atoms with Crippen LogP contribution in [-0.2, 0) is 38.8 Å². The predicted octanol–water partition coefficient (Wildman–Crippen LogP) is 5.94. The van der Waals surface area contributed by atoms with Gasteiger partial charge in [-0.2, -0.15) is 13.2 Å². The van der Waals surface area contributed by atoms with Crippen LogP contribution in [0.5, 0.6) is 0 Å². The van der Waals surface area contributed by atoms with Crippen molar-refractivity contribution in [2.24, 2.45) is 0 Å². The van der Waals surface area contributed by atoms with Crippen molar-refractivity contribution in [1.29, 1.82) is 0 Å². The van der Waals surface area contributed by atoms with Gasteiger partial charge < -0.3 is 10.2 Å². The smallest absolute Gasteiger partial charge is 0.352 e. The van der Waals surface area contributed by atoms with Crippen molar-refractivity contribution in [3.05, 3.63) is 99.5 Å². The van der Waals surface area contributed by atoms with Gasteiger partial charge in [-0.3, -0.25) is 13.9 Å². The molecule has 1 N–H and O–H groups in total. The maximum absolute atomic E-state index is 14.0. The van der Waals surface area contributed by atoms with Crippen LogP contribution in [0.1, 0.15) is 30.5 Å². The van der Waals surface area contributed by atoms with Gasteiger partial charge in [0.25, 0.3) is 0 Å². The number of nitrogens with one attached hydrogen (secondary N) is 1. The predicted molar refractivity (Wildman–Crippen MR) is 158 cm³/mol. The second-order valence-corrected chi connectivity index (χ2v) is 12.7. The number of hydrogen-bond acceptors (Lipinski definition) is 4. The fourth-order valence-corrected chi connectivity index (χ4v) is 5.58. The van der Waals surface area contributed by atoms with Crippen LogP contribution in [0, 0.1) is 0 Å². The van der Waals surface area contributed by atoms with Crippen molar-refractivity contribution in [1.82, 2.24) is 10.2 Å². The molecular formula is C29H30Cl2F3N3O4S. The van der Waals surface area contributed by atoms with Gasteiger partial charge >= 0.3 is 6.18 Å². The van der Waals surface area contributed by atoms with Crippen LogP contribution >= 0.6 is 23.2 Å². The molecule has 0 heterocycles. The van der Waals surface area contributed by atoms with Gasteiger partial charge in [-0.1, -0.05) is 65.7 Å². The summed E-state index contributed by atoms with van der Waals surface area (Å²) in [7, 11) is -4.32. The van der Waals surface area contributed by atoms with Crippen LogP contribution in [0.4, 0.5) is 18.9 Å². The molecule has 3 aromatic carbocycles. The molecule has 0 aromatic heterocycles. The highest BCUT2D eigenvalue weighted by Gasteiger charge is 2.36. The number of benzene rings is 3. The molecule has 0 radical (unpaired) electrons. The van der Waals surface area contributed by atoms with E-state index in [2.05, 4.69) is 5.32 Å². The number of carbonyl (C=O) groups excluding carboxylic acids is 2. The second-order valence-electron chi connectivity index (χ2n) is 9.95. The maximum Gasteiger partial charge on any atom is 0.416 e. The van der Waals surface area contributed by atoms with E-state index in [1.165, 1.54) is 4.90 Å². The van der Waals surface area contributed by atoms with Gasteiger partial charge in [-0.25, -0.2) is 8.42 Å². The van der Waals surface area contributed by atoms with E-state index in [9.17, 15) is 31.2 Å². The second kappa shape index (κ2) is 13.8. The van der Waals surface area contributed by atoms with Crippen molar-refractivity contribution >= 4 is 50.7 Å². The molecule has 0 fully saturated rings. The molecule has 3 aromatic rings. The fourth-order valence-electron chi connectivity index (χ4n) is 4.24. The topological polar surface area (TPSA) is 86.8 Å². The first kappa shape index (κ1) is 33.2. The number of rotatable bonds is 11. The molecule has 3 rings (SSSR count). The minimum absolute atomic E-state index is 0.0783. The lowest BCUT2D eigenvalue weighted by atomic mass is 10.0. The summed E-state index contributed by atoms with van der Waals surface area (Å²) in [6.45, 7) is 2.44. The number of carbonyl (C=O) groups is 2. The van der Waals surface area contributed by atoms with Crippen LogP contribution in [0.2, 0.25) is 10.0 Å². The molecule has 0 bridgehead atoms. The van der Waals surface area contributed by atoms with Crippen LogP contribution in [-0.4, -0.2) is 50.0 Å². The maximum atomic E-state index is 14.0. The lowest BCUT2D eigenvalue weighted by molar-refractivity contribution is -0.140. The highest BCUT2D eigenvalue weighted by Crippen LogP contribution is 2.36. The summed E-state index contributed by atoms with van der Waals surface area (Å²) in [5.41, 5.74) is -0.381. The molecular weight excluding hydrogens is 614 g/mol. The first-order valence-electron chi connectivity index (χ1n) is 12.8. The molecule has 0 aliphatic rings. The number of anilines is 1. The van der Waals surface area contributed by atoms with E-state index < -0.39 is 51.9 Å². The minimum atomic E-state index is -4.79. The van der Waals surface area contributed by atoms with Crippen LogP contribution in [0.15, 0.2) is 72.8 Å². The summed E-state index contributed by atoms with van der Waals surface area (Å²) >= 11 is 12.3. The van der Waals surface area contributed by atoms with E-state index in [1.807, 2.05) is 0 Å². The number of alkyl halides is 3. The lowest BCUT2D eigenvalue weighted by Crippen LogP contribution is -2.54. The highest BCUT2D eigenvalue weighted by molar-refractivity contribution is 7.92. The summed E-state index contributed by atoms with van der Waals surface area (Å²) in [5.74, 6) is -1.33. The average Bonchev–Trinajstić information content (AvgIpc) is 2.88. The molecule has 0 spiro atoms. The number of amides is 2. The zero-order valence-electron chi connectivity index (χ0n) is 23.0. The molecule has 13 heteroatoms. The van der Waals surface area contributed by atoms with Crippen molar-refractivity contribution in [2.45, 2.75) is 45.1 Å². The van der Waals surface area contributed by atoms with Crippen LogP contribution in [0.25, 0.3) is 0 Å². The normalized spacial score (nSPS) is 12.6. The van der Waals surface area contributed by atoms with Crippen LogP contribution < -0.4 is 9.62 Å². The summed E-state index contributed by atoms with van der Waals surface area (Å²) < 4.78 is 66.7. The zero-order valence-corrected chi connectivity index (χ0v) is 25.4. The Bertz CT molecular complexity index is 1520. The van der Waals surface area contributed by atoms with Crippen molar-refractivity contribution in [3.8, 4) is 0 Å². The number of nitrogens with zero attached hydrogens (tertiary/aromatic N) is 2. The van der Waals surface area contributed by atoms with Gasteiger partial charge in [0, 0.05) is 24.0 Å². The van der Waals surface area contributed by atoms with Gasteiger partial charge in [-0.15, -0.1) is 0 Å². The molecule has 226 valence electrons. The Morgan fingerprint density at radius 1 is 0.929 bits per heavy atom. The Labute approximate surface area is 253 Å². The van der Waals surface area contributed by atoms with E-state index in [4.69, 9.17) is 23.2 Å². The number of sulfonamides is 1. The lowest BCUT2D eigenvalue weighted by Gasteiger charge is -2.34. The molecule has 2 amide bonds. The summed E-state index contributed by atoms with van der Waals surface area (Å²) in [6.07, 6.45) is -3.96. The molecule has 42 heavy (non-hydrogen) atoms. The number of hydrogen-bond donors (Lipinski definition) is 1. The van der Waals surface area contributed by atoms with Crippen molar-refractivity contribution < 1.29 is 31.2 Å². The molecule has 0 unspecified atom stereocenters. The van der Waals surface area contributed by atoms with E-state index in [0.717, 1.165) is 17.9 Å². The standard InChI is InChI=1S/C29H30Cl2F3N3O4S/c1-19(2)35-28(39)26(15-20-8-5-4-6-9-20)36(17-21-10-7-11-23(30)14-21)27(38)18-37(42(3,40)41)25-16-22(29(32,33)34)12-13-24(25)31/h4-14,16,19,26H,15,17-18H2,1-3H3,(H,35,39)/t26-/m1/s1. The summed E-state index contributed by atoms with van der Waals surface area (Å²) in [4.78, 5) is 28.7. The largest absolute Gasteiger partial charge is 0.416 e. The third-order valence-corrected chi connectivity index (χ3v) is 7.85. The zero-order chi connectivity index (χ0) is 31.2. The quantitative estimate of drug-likeness (QED) is 0.280. The monoisotopic (exact) mass is 643 g/mol. The third kappa shape index (κ3) is 9.11. The molecule has 0 saturated heterocycles. The molecule has 0 saturated carbocycles. The molecule has 7 nitrogen and oxygen atoms in total. The Kier molecular flexibility index (Phi) is 10.9. The van der Waals surface area contributed by atoms with Gasteiger partial charge in [-0.05, 0) is 55.3 Å². The van der Waals surface area contributed by atoms with Crippen LogP contribution in [0.3, 0.4) is 0 Å². The number of halogens is 5. The first-order valence-corrected chi connectivity index (χ1v) is 15.4. The van der Waals surface area contributed by atoms with Gasteiger partial charge in [0.2, 0.25) is 21.8 Å². The molecule has 0 aliphatic heterocycles. The van der Waals surface area contributed by atoms with E-state index in [-0.39, 0.29) is 24.0 Å². The average molecular weight is 645 g/mol. The van der Waals surface area contributed by atoms with Gasteiger partial charge in [0.15, 0.2) is 0 Å². The summed E-state index contributed by atoms with van der Waals surface area (Å²) in [6, 6.07) is 16.3.